The predicted octanol–water partition coefficient (Wildman–Crippen LogP) is 4.10. The maximum Gasteiger partial charge on any atom is 0.140 e. The van der Waals surface area contributed by atoms with Crippen LogP contribution in [0, 0.1) is 0 Å². The van der Waals surface area contributed by atoms with Crippen LogP contribution in [-0.2, 0) is 4.74 Å². The van der Waals surface area contributed by atoms with Crippen molar-refractivity contribution in [2.75, 3.05) is 7.11 Å². The third-order valence-electron chi connectivity index (χ3n) is 3.91. The number of hydrogen-bond donors (Lipinski definition) is 0. The molecule has 0 aromatic heterocycles. The molecule has 0 heterocycles. The summed E-state index contributed by atoms with van der Waals surface area (Å²) < 4.78 is 5.31. The normalized spacial score (nSPS) is 11.5. The van der Waals surface area contributed by atoms with Gasteiger partial charge >= 0.3 is 0 Å². The summed E-state index contributed by atoms with van der Waals surface area (Å²) in [6.45, 7) is 0. The lowest BCUT2D eigenvalue weighted by molar-refractivity contribution is 0.339. The first kappa shape index (κ1) is 15.5. The van der Waals surface area contributed by atoms with Crippen molar-refractivity contribution in [3.8, 4) is 0 Å². The smallest absolute Gasteiger partial charge is 0.140 e. The van der Waals surface area contributed by atoms with Crippen LogP contribution in [0.5, 0.6) is 0 Å². The summed E-state index contributed by atoms with van der Waals surface area (Å²) in [4.78, 5) is 0. The molecule has 0 saturated carbocycles. The van der Waals surface area contributed by atoms with Crippen molar-refractivity contribution < 1.29 is 4.74 Å². The summed E-state index contributed by atoms with van der Waals surface area (Å²) in [6, 6.07) is 32.1. The summed E-state index contributed by atoms with van der Waals surface area (Å²) in [5.74, 6) is 2.24. The van der Waals surface area contributed by atoms with E-state index in [2.05, 4.69) is 96.8 Å². The Morgan fingerprint density at radius 1 is 0.609 bits per heavy atom. The van der Waals surface area contributed by atoms with Crippen LogP contribution in [0.2, 0.25) is 0 Å². The number of methoxy groups -OCH3 is 1. The molecule has 1 nitrogen and oxygen atoms in total. The van der Waals surface area contributed by atoms with E-state index in [0.29, 0.717) is 0 Å². The van der Waals surface area contributed by atoms with Crippen LogP contribution in [0.4, 0.5) is 0 Å². The van der Waals surface area contributed by atoms with Gasteiger partial charge in [0.2, 0.25) is 0 Å². The van der Waals surface area contributed by atoms with Gasteiger partial charge in [0.25, 0.3) is 0 Å². The fourth-order valence-corrected chi connectivity index (χ4v) is 6.49. The van der Waals surface area contributed by atoms with Gasteiger partial charge in [-0.2, -0.15) is 0 Å². The third kappa shape index (κ3) is 3.06. The lowest BCUT2D eigenvalue weighted by atomic mass is 10.4. The molecule has 0 bridgehead atoms. The second kappa shape index (κ2) is 7.26. The highest BCUT2D eigenvalue weighted by Gasteiger charge is 2.43. The van der Waals surface area contributed by atoms with Gasteiger partial charge in [-0.05, 0) is 36.4 Å². The van der Waals surface area contributed by atoms with E-state index >= 15 is 0 Å². The molecule has 2 heteroatoms. The lowest BCUT2D eigenvalue weighted by Crippen LogP contribution is -2.29. The molecule has 3 rings (SSSR count). The van der Waals surface area contributed by atoms with Crippen molar-refractivity contribution in [1.29, 1.82) is 0 Å². The van der Waals surface area contributed by atoms with E-state index in [9.17, 15) is 0 Å². The van der Waals surface area contributed by atoms with Crippen molar-refractivity contribution in [3.05, 3.63) is 103 Å². The standard InChI is InChI=1S/C21H20OP/c1-22-17-18-23(19-11-5-2-6-12-19,20-13-7-3-8-14-20)21-15-9-4-10-16-21/h2-18H,1H3/q+1/b18-17+. The van der Waals surface area contributed by atoms with E-state index in [0.717, 1.165) is 0 Å². The fraction of sp³-hybridized carbons (Fsp3) is 0.0476. The SMILES string of the molecule is CO/C=C/[P+](c1ccccc1)(c1ccccc1)c1ccccc1. The second-order valence-corrected chi connectivity index (χ2v) is 8.54. The molecule has 23 heavy (non-hydrogen) atoms. The van der Waals surface area contributed by atoms with Gasteiger partial charge in [0.15, 0.2) is 0 Å². The van der Waals surface area contributed by atoms with Crippen LogP contribution in [0.3, 0.4) is 0 Å². The van der Waals surface area contributed by atoms with Crippen LogP contribution in [0.15, 0.2) is 103 Å². The van der Waals surface area contributed by atoms with E-state index < -0.39 is 7.26 Å². The van der Waals surface area contributed by atoms with Crippen molar-refractivity contribution >= 4 is 23.2 Å². The van der Waals surface area contributed by atoms with Crippen molar-refractivity contribution in [2.24, 2.45) is 0 Å². The van der Waals surface area contributed by atoms with Crippen LogP contribution < -0.4 is 15.9 Å². The molecule has 0 aliphatic heterocycles. The van der Waals surface area contributed by atoms with Crippen molar-refractivity contribution in [3.63, 3.8) is 0 Å². The Labute approximate surface area is 138 Å². The molecule has 0 aliphatic carbocycles. The predicted molar refractivity (Wildman–Crippen MR) is 101 cm³/mol. The van der Waals surface area contributed by atoms with Crippen LogP contribution in [-0.4, -0.2) is 7.11 Å². The van der Waals surface area contributed by atoms with Gasteiger partial charge in [-0.25, -0.2) is 0 Å². The first-order chi connectivity index (χ1) is 11.4. The molecule has 0 N–H and O–H groups in total. The molecular weight excluding hydrogens is 299 g/mol. The molecule has 114 valence electrons. The molecule has 0 atom stereocenters. The van der Waals surface area contributed by atoms with Gasteiger partial charge in [-0.3, -0.25) is 0 Å². The van der Waals surface area contributed by atoms with Gasteiger partial charge in [-0.1, -0.05) is 54.6 Å². The molecule has 0 spiro atoms. The maximum atomic E-state index is 5.31. The first-order valence-electron chi connectivity index (χ1n) is 7.64. The Kier molecular flexibility index (Phi) is 4.90. The molecule has 0 aliphatic rings. The van der Waals surface area contributed by atoms with Crippen LogP contribution >= 0.6 is 7.26 Å². The number of rotatable bonds is 5. The second-order valence-electron chi connectivity index (χ2n) is 5.25. The van der Waals surface area contributed by atoms with Crippen LogP contribution in [0.25, 0.3) is 0 Å². The van der Waals surface area contributed by atoms with Gasteiger partial charge in [-0.15, -0.1) is 0 Å². The average molecular weight is 319 g/mol. The zero-order valence-electron chi connectivity index (χ0n) is 13.2. The van der Waals surface area contributed by atoms with E-state index in [4.69, 9.17) is 4.74 Å². The summed E-state index contributed by atoms with van der Waals surface area (Å²) >= 11 is 0. The first-order valence-corrected chi connectivity index (χ1v) is 9.50. The van der Waals surface area contributed by atoms with E-state index in [1.807, 2.05) is 6.26 Å². The van der Waals surface area contributed by atoms with Gasteiger partial charge in [0.1, 0.15) is 35.3 Å². The highest BCUT2D eigenvalue weighted by Crippen LogP contribution is 2.56. The molecule has 3 aromatic carbocycles. The molecule has 0 amide bonds. The molecule has 0 radical (unpaired) electrons. The van der Waals surface area contributed by atoms with Gasteiger partial charge in [0.05, 0.1) is 7.11 Å². The molecule has 0 unspecified atom stereocenters. The topological polar surface area (TPSA) is 9.23 Å². The molecular formula is C21H20OP+. The Morgan fingerprint density at radius 3 is 1.26 bits per heavy atom. The Balaban J connectivity index is 2.33. The molecule has 0 fully saturated rings. The summed E-state index contributed by atoms with van der Waals surface area (Å²) in [5.41, 5.74) is 0. The summed E-state index contributed by atoms with van der Waals surface area (Å²) in [5, 5.41) is 3.97. The van der Waals surface area contributed by atoms with E-state index in [1.54, 1.807) is 7.11 Å². The quantitative estimate of drug-likeness (QED) is 0.508. The van der Waals surface area contributed by atoms with E-state index in [-0.39, 0.29) is 0 Å². The minimum absolute atomic E-state index is 1.32. The van der Waals surface area contributed by atoms with Crippen LogP contribution in [0.1, 0.15) is 0 Å². The minimum atomic E-state index is -1.88. The third-order valence-corrected chi connectivity index (χ3v) is 7.82. The highest BCUT2D eigenvalue weighted by molar-refractivity contribution is 7.98. The Hall–Kier alpha value is -2.37. The monoisotopic (exact) mass is 319 g/mol. The summed E-state index contributed by atoms with van der Waals surface area (Å²) in [7, 11) is -0.175. The zero-order valence-corrected chi connectivity index (χ0v) is 14.1. The van der Waals surface area contributed by atoms with Gasteiger partial charge < -0.3 is 4.74 Å². The largest absolute Gasteiger partial charge is 0.501 e. The average Bonchev–Trinajstić information content (AvgIpc) is 2.65. The minimum Gasteiger partial charge on any atom is -0.501 e. The summed E-state index contributed by atoms with van der Waals surface area (Å²) in [6.07, 6.45) is 1.82. The number of ether oxygens (including phenoxy) is 1. The molecule has 0 saturated heterocycles. The number of benzene rings is 3. The lowest BCUT2D eigenvalue weighted by Gasteiger charge is -2.23. The fourth-order valence-electron chi connectivity index (χ4n) is 2.85. The molecule has 3 aromatic rings. The van der Waals surface area contributed by atoms with Gasteiger partial charge in [0, 0.05) is 0 Å². The maximum absolute atomic E-state index is 5.31. The Bertz CT molecular complexity index is 655. The van der Waals surface area contributed by atoms with Crippen molar-refractivity contribution in [2.45, 2.75) is 0 Å². The highest BCUT2D eigenvalue weighted by atomic mass is 31.2. The van der Waals surface area contributed by atoms with Crippen molar-refractivity contribution in [1.82, 2.24) is 0 Å². The van der Waals surface area contributed by atoms with E-state index in [1.165, 1.54) is 15.9 Å². The number of hydrogen-bond acceptors (Lipinski definition) is 1. The Morgan fingerprint density at radius 2 is 0.957 bits per heavy atom. The zero-order chi connectivity index (χ0) is 16.0.